The number of para-hydroxylation sites is 1. The van der Waals surface area contributed by atoms with Crippen molar-refractivity contribution in [3.8, 4) is 11.3 Å². The molecule has 0 saturated heterocycles. The van der Waals surface area contributed by atoms with Gasteiger partial charge in [-0.3, -0.25) is 4.98 Å². The van der Waals surface area contributed by atoms with Gasteiger partial charge in [-0.15, -0.1) is 5.10 Å². The average Bonchev–Trinajstić information content (AvgIpc) is 3.17. The molecule has 130 valence electrons. The molecule has 0 fully saturated rings. The van der Waals surface area contributed by atoms with E-state index in [0.29, 0.717) is 6.54 Å². The van der Waals surface area contributed by atoms with Crippen LogP contribution in [0.2, 0.25) is 0 Å². The molecular formula is C21H16N6. The second kappa shape index (κ2) is 6.49. The van der Waals surface area contributed by atoms with E-state index < -0.39 is 0 Å². The van der Waals surface area contributed by atoms with Crippen LogP contribution in [-0.4, -0.2) is 24.8 Å². The molecule has 0 radical (unpaired) electrons. The number of rotatable bonds is 4. The topological polar surface area (TPSA) is 68.0 Å². The Morgan fingerprint density at radius 2 is 1.67 bits per heavy atom. The molecule has 5 aromatic rings. The summed E-state index contributed by atoms with van der Waals surface area (Å²) in [6, 6.07) is 23.9. The second-order valence-corrected chi connectivity index (χ2v) is 6.19. The molecule has 0 aliphatic rings. The van der Waals surface area contributed by atoms with Crippen LogP contribution in [-0.2, 0) is 6.54 Å². The summed E-state index contributed by atoms with van der Waals surface area (Å²) in [6.07, 6.45) is 1.79. The summed E-state index contributed by atoms with van der Waals surface area (Å²) in [4.78, 5) is 9.23. The van der Waals surface area contributed by atoms with Crippen molar-refractivity contribution >= 4 is 22.4 Å². The molecule has 0 aliphatic heterocycles. The van der Waals surface area contributed by atoms with E-state index in [4.69, 9.17) is 4.98 Å². The van der Waals surface area contributed by atoms with Gasteiger partial charge in [0, 0.05) is 17.1 Å². The van der Waals surface area contributed by atoms with Crippen molar-refractivity contribution in [2.75, 3.05) is 5.32 Å². The number of hydrogen-bond donors (Lipinski definition) is 1. The van der Waals surface area contributed by atoms with Gasteiger partial charge >= 0.3 is 0 Å². The van der Waals surface area contributed by atoms with E-state index >= 15 is 0 Å². The Bertz CT molecular complexity index is 1220. The minimum absolute atomic E-state index is 0.593. The van der Waals surface area contributed by atoms with Crippen molar-refractivity contribution in [3.63, 3.8) is 0 Å². The largest absolute Gasteiger partial charge is 0.364 e. The molecule has 0 aliphatic carbocycles. The van der Waals surface area contributed by atoms with Crippen LogP contribution in [0.4, 0.5) is 5.82 Å². The summed E-state index contributed by atoms with van der Waals surface area (Å²) < 4.78 is 1.80. The number of pyridine rings is 1. The van der Waals surface area contributed by atoms with Gasteiger partial charge in [0.15, 0.2) is 5.65 Å². The maximum Gasteiger partial charge on any atom is 0.186 e. The van der Waals surface area contributed by atoms with Crippen LogP contribution in [0.25, 0.3) is 27.8 Å². The molecule has 6 nitrogen and oxygen atoms in total. The van der Waals surface area contributed by atoms with Gasteiger partial charge in [-0.1, -0.05) is 53.7 Å². The number of aromatic nitrogens is 5. The normalized spacial score (nSPS) is 11.1. The highest BCUT2D eigenvalue weighted by Gasteiger charge is 2.15. The molecule has 0 atom stereocenters. The van der Waals surface area contributed by atoms with E-state index in [-0.39, 0.29) is 0 Å². The summed E-state index contributed by atoms with van der Waals surface area (Å²) in [5.74, 6) is 0.795. The lowest BCUT2D eigenvalue weighted by Crippen LogP contribution is -2.05. The Balaban J connectivity index is 1.66. The Kier molecular flexibility index (Phi) is 3.72. The standard InChI is InChI=1S/C21H16N6/c1-2-8-15(9-3-1)19-21-24-20(23-14-16-10-6-7-13-22-16)17-11-4-5-12-18(17)27(21)26-25-19/h1-13H,14H2,(H,23,24). The van der Waals surface area contributed by atoms with Crippen molar-refractivity contribution in [2.45, 2.75) is 6.54 Å². The first-order chi connectivity index (χ1) is 13.4. The smallest absolute Gasteiger partial charge is 0.186 e. The molecule has 0 bridgehead atoms. The van der Waals surface area contributed by atoms with Crippen LogP contribution in [0.3, 0.4) is 0 Å². The summed E-state index contributed by atoms with van der Waals surface area (Å²) in [5, 5.41) is 13.1. The minimum Gasteiger partial charge on any atom is -0.364 e. The molecule has 0 amide bonds. The molecule has 0 unspecified atom stereocenters. The van der Waals surface area contributed by atoms with E-state index in [9.17, 15) is 0 Å². The monoisotopic (exact) mass is 352 g/mol. The third-order valence-corrected chi connectivity index (χ3v) is 4.46. The number of nitrogens with one attached hydrogen (secondary N) is 1. The molecule has 2 aromatic carbocycles. The fraction of sp³-hybridized carbons (Fsp3) is 0.0476. The molecule has 0 saturated carbocycles. The third kappa shape index (κ3) is 2.77. The number of hydrogen-bond acceptors (Lipinski definition) is 5. The first-order valence-electron chi connectivity index (χ1n) is 8.73. The number of anilines is 1. The van der Waals surface area contributed by atoms with Crippen LogP contribution in [0.5, 0.6) is 0 Å². The lowest BCUT2D eigenvalue weighted by molar-refractivity contribution is 0.876. The van der Waals surface area contributed by atoms with Crippen LogP contribution >= 0.6 is 0 Å². The van der Waals surface area contributed by atoms with E-state index in [1.54, 1.807) is 10.7 Å². The average molecular weight is 352 g/mol. The maximum atomic E-state index is 4.85. The lowest BCUT2D eigenvalue weighted by Gasteiger charge is -2.10. The van der Waals surface area contributed by atoms with Crippen molar-refractivity contribution < 1.29 is 0 Å². The van der Waals surface area contributed by atoms with Gasteiger partial charge in [-0.2, -0.15) is 4.52 Å². The zero-order chi connectivity index (χ0) is 18.1. The molecule has 3 heterocycles. The summed E-state index contributed by atoms with van der Waals surface area (Å²) >= 11 is 0. The van der Waals surface area contributed by atoms with Crippen LogP contribution in [0.15, 0.2) is 79.0 Å². The lowest BCUT2D eigenvalue weighted by atomic mass is 10.1. The Morgan fingerprint density at radius 1 is 0.852 bits per heavy atom. The first-order valence-corrected chi connectivity index (χ1v) is 8.73. The molecular weight excluding hydrogens is 336 g/mol. The fourth-order valence-electron chi connectivity index (χ4n) is 3.16. The van der Waals surface area contributed by atoms with Gasteiger partial charge in [-0.25, -0.2) is 4.98 Å². The predicted octanol–water partition coefficient (Wildman–Crippen LogP) is 3.95. The van der Waals surface area contributed by atoms with Gasteiger partial charge in [0.05, 0.1) is 17.8 Å². The van der Waals surface area contributed by atoms with Crippen LogP contribution in [0.1, 0.15) is 5.69 Å². The van der Waals surface area contributed by atoms with Crippen molar-refractivity contribution in [1.29, 1.82) is 0 Å². The third-order valence-electron chi connectivity index (χ3n) is 4.46. The van der Waals surface area contributed by atoms with Gasteiger partial charge in [0.25, 0.3) is 0 Å². The van der Waals surface area contributed by atoms with Gasteiger partial charge in [0.1, 0.15) is 11.5 Å². The molecule has 6 heteroatoms. The van der Waals surface area contributed by atoms with Crippen molar-refractivity contribution in [3.05, 3.63) is 84.7 Å². The Morgan fingerprint density at radius 3 is 2.52 bits per heavy atom. The van der Waals surface area contributed by atoms with Gasteiger partial charge in [-0.05, 0) is 24.3 Å². The second-order valence-electron chi connectivity index (χ2n) is 6.19. The van der Waals surface area contributed by atoms with E-state index in [2.05, 4.69) is 20.6 Å². The zero-order valence-electron chi connectivity index (χ0n) is 14.4. The SMILES string of the molecule is c1ccc(-c2nnn3c2nc(NCc2ccccn2)c2ccccc23)cc1. The highest BCUT2D eigenvalue weighted by molar-refractivity contribution is 5.93. The number of nitrogens with zero attached hydrogens (tertiary/aromatic N) is 5. The zero-order valence-corrected chi connectivity index (χ0v) is 14.4. The number of benzene rings is 2. The highest BCUT2D eigenvalue weighted by Crippen LogP contribution is 2.27. The quantitative estimate of drug-likeness (QED) is 0.530. The molecule has 1 N–H and O–H groups in total. The van der Waals surface area contributed by atoms with Crippen LogP contribution in [0, 0.1) is 0 Å². The minimum atomic E-state index is 0.593. The predicted molar refractivity (Wildman–Crippen MR) is 105 cm³/mol. The Labute approximate surface area is 155 Å². The summed E-state index contributed by atoms with van der Waals surface area (Å²) in [7, 11) is 0. The highest BCUT2D eigenvalue weighted by atomic mass is 15.4. The van der Waals surface area contributed by atoms with Gasteiger partial charge < -0.3 is 5.32 Å². The van der Waals surface area contributed by atoms with E-state index in [0.717, 1.165) is 39.3 Å². The summed E-state index contributed by atoms with van der Waals surface area (Å²) in [5.41, 5.74) is 4.40. The molecule has 0 spiro atoms. The number of fused-ring (bicyclic) bond motifs is 3. The van der Waals surface area contributed by atoms with E-state index in [1.807, 2.05) is 72.8 Å². The maximum absolute atomic E-state index is 4.85. The molecule has 5 rings (SSSR count). The Hall–Kier alpha value is -3.80. The molecule has 27 heavy (non-hydrogen) atoms. The van der Waals surface area contributed by atoms with Crippen molar-refractivity contribution in [1.82, 2.24) is 24.8 Å². The first kappa shape index (κ1) is 15.5. The molecule has 3 aromatic heterocycles. The fourth-order valence-corrected chi connectivity index (χ4v) is 3.16. The van der Waals surface area contributed by atoms with Gasteiger partial charge in [0.2, 0.25) is 0 Å². The van der Waals surface area contributed by atoms with E-state index in [1.165, 1.54) is 0 Å². The summed E-state index contributed by atoms with van der Waals surface area (Å²) in [6.45, 7) is 0.593. The van der Waals surface area contributed by atoms with Crippen LogP contribution < -0.4 is 5.32 Å². The van der Waals surface area contributed by atoms with Crippen molar-refractivity contribution in [2.24, 2.45) is 0 Å².